The fraction of sp³-hybridized carbons (Fsp3) is 0.222. The summed E-state index contributed by atoms with van der Waals surface area (Å²) < 4.78 is 25.5. The predicted molar refractivity (Wildman–Crippen MR) is 132 cm³/mol. The number of sulfone groups is 1. The van der Waals surface area contributed by atoms with E-state index in [1.54, 1.807) is 48.9 Å². The number of pyridine rings is 2. The quantitative estimate of drug-likeness (QED) is 0.349. The summed E-state index contributed by atoms with van der Waals surface area (Å²) in [4.78, 5) is 21.5. The third kappa shape index (κ3) is 4.36. The number of hydrogen-bond donors (Lipinski definition) is 0. The highest BCUT2D eigenvalue weighted by Gasteiger charge is 2.54. The number of ketones is 1. The van der Waals surface area contributed by atoms with Crippen molar-refractivity contribution in [3.05, 3.63) is 101 Å². The van der Waals surface area contributed by atoms with E-state index in [1.807, 2.05) is 30.3 Å². The normalized spacial score (nSPS) is 19.8. The molecule has 1 fully saturated rings. The summed E-state index contributed by atoms with van der Waals surface area (Å²) in [5.41, 5.74) is 2.14. The van der Waals surface area contributed by atoms with Crippen LogP contribution in [0.25, 0.3) is 10.8 Å². The monoisotopic (exact) mass is 490 g/mol. The van der Waals surface area contributed by atoms with Crippen LogP contribution in [0, 0.1) is 5.92 Å². The molecule has 1 aliphatic rings. The molecular formula is C27H23ClN2O3S. The van der Waals surface area contributed by atoms with Gasteiger partial charge in [0.15, 0.2) is 9.84 Å². The molecule has 0 unspecified atom stereocenters. The zero-order valence-corrected chi connectivity index (χ0v) is 20.2. The van der Waals surface area contributed by atoms with Gasteiger partial charge in [-0.2, -0.15) is 0 Å². The maximum atomic E-state index is 13.1. The minimum atomic E-state index is -3.49. The maximum Gasteiger partial charge on any atom is 0.184 e. The highest BCUT2D eigenvalue weighted by atomic mass is 35.5. The standard InChI is InChI=1S/C27H23ClN2O3S/c1-27(20-7-9-22(10-8-20)34(32,33)17-21-4-2-3-11-30-21)14-24(27)26(31)13-18-5-6-19-15-29-16-25(28)23(19)12-18/h2-12,15-16,24H,13-14,17H2,1H3/t24-,27-/m0/s1. The van der Waals surface area contributed by atoms with E-state index in [4.69, 9.17) is 11.6 Å². The number of fused-ring (bicyclic) bond motifs is 1. The smallest absolute Gasteiger partial charge is 0.184 e. The lowest BCUT2D eigenvalue weighted by molar-refractivity contribution is -0.120. The molecule has 0 spiro atoms. The van der Waals surface area contributed by atoms with Crippen molar-refractivity contribution in [3.63, 3.8) is 0 Å². The molecule has 2 aromatic heterocycles. The van der Waals surface area contributed by atoms with Gasteiger partial charge in [0.05, 0.1) is 21.4 Å². The average molecular weight is 491 g/mol. The zero-order valence-electron chi connectivity index (χ0n) is 18.6. The van der Waals surface area contributed by atoms with Crippen molar-refractivity contribution in [1.82, 2.24) is 9.97 Å². The third-order valence-corrected chi connectivity index (χ3v) is 8.68. The molecule has 0 N–H and O–H groups in total. The topological polar surface area (TPSA) is 77.0 Å². The SMILES string of the molecule is C[C@@]1(c2ccc(S(=O)(=O)Cc3ccccn3)cc2)C[C@H]1C(=O)Cc1ccc2cncc(Cl)c2c1. The molecule has 172 valence electrons. The van der Waals surface area contributed by atoms with E-state index in [2.05, 4.69) is 16.9 Å². The second kappa shape index (κ2) is 8.60. The fourth-order valence-corrected chi connectivity index (χ4v) is 6.07. The van der Waals surface area contributed by atoms with Crippen LogP contribution in [0.1, 0.15) is 30.2 Å². The summed E-state index contributed by atoms with van der Waals surface area (Å²) in [6, 6.07) is 18.0. The number of hydrogen-bond acceptors (Lipinski definition) is 5. The Morgan fingerprint density at radius 3 is 2.62 bits per heavy atom. The van der Waals surface area contributed by atoms with Gasteiger partial charge in [-0.3, -0.25) is 14.8 Å². The molecule has 0 amide bonds. The number of aromatic nitrogens is 2. The number of halogens is 1. The molecular weight excluding hydrogens is 468 g/mol. The molecule has 5 nitrogen and oxygen atoms in total. The first-order valence-electron chi connectivity index (χ1n) is 11.0. The second-order valence-electron chi connectivity index (χ2n) is 9.10. The molecule has 34 heavy (non-hydrogen) atoms. The first kappa shape index (κ1) is 22.7. The number of Topliss-reactive ketones (excluding diaryl/α,β-unsaturated/α-hetero) is 1. The van der Waals surface area contributed by atoms with Gasteiger partial charge < -0.3 is 0 Å². The van der Waals surface area contributed by atoms with E-state index in [0.29, 0.717) is 17.1 Å². The molecule has 2 aromatic carbocycles. The molecule has 4 aromatic rings. The summed E-state index contributed by atoms with van der Waals surface area (Å²) >= 11 is 6.26. The van der Waals surface area contributed by atoms with Crippen LogP contribution in [0.5, 0.6) is 0 Å². The van der Waals surface area contributed by atoms with Crippen molar-refractivity contribution in [1.29, 1.82) is 0 Å². The number of carbonyl (C=O) groups excluding carboxylic acids is 1. The molecule has 1 aliphatic carbocycles. The van der Waals surface area contributed by atoms with Gasteiger partial charge in [-0.15, -0.1) is 0 Å². The summed E-state index contributed by atoms with van der Waals surface area (Å²) in [5.74, 6) is -0.0526. The Labute approximate surface area is 203 Å². The largest absolute Gasteiger partial charge is 0.299 e. The van der Waals surface area contributed by atoms with Crippen molar-refractivity contribution in [2.24, 2.45) is 5.92 Å². The van der Waals surface area contributed by atoms with Gasteiger partial charge in [0.2, 0.25) is 0 Å². The van der Waals surface area contributed by atoms with E-state index in [0.717, 1.165) is 28.3 Å². The maximum absolute atomic E-state index is 13.1. The van der Waals surface area contributed by atoms with Crippen LogP contribution in [-0.4, -0.2) is 24.2 Å². The van der Waals surface area contributed by atoms with Crippen LogP contribution in [0.4, 0.5) is 0 Å². The van der Waals surface area contributed by atoms with E-state index in [9.17, 15) is 13.2 Å². The Bertz CT molecular complexity index is 1490. The van der Waals surface area contributed by atoms with Gasteiger partial charge in [-0.1, -0.05) is 48.9 Å². The van der Waals surface area contributed by atoms with Gasteiger partial charge in [-0.25, -0.2) is 8.42 Å². The van der Waals surface area contributed by atoms with E-state index >= 15 is 0 Å². The summed E-state index contributed by atoms with van der Waals surface area (Å²) in [7, 11) is -3.49. The highest BCUT2D eigenvalue weighted by molar-refractivity contribution is 7.90. The Morgan fingerprint density at radius 1 is 1.09 bits per heavy atom. The lowest BCUT2D eigenvalue weighted by Crippen LogP contribution is -2.14. The summed E-state index contributed by atoms with van der Waals surface area (Å²) in [6.45, 7) is 2.07. The van der Waals surface area contributed by atoms with Crippen molar-refractivity contribution >= 4 is 38.0 Å². The van der Waals surface area contributed by atoms with Crippen LogP contribution in [-0.2, 0) is 32.2 Å². The predicted octanol–water partition coefficient (Wildman–Crippen LogP) is 5.35. The third-order valence-electron chi connectivity index (χ3n) is 6.72. The lowest BCUT2D eigenvalue weighted by atomic mass is 9.92. The Morgan fingerprint density at radius 2 is 1.88 bits per heavy atom. The number of benzene rings is 2. The van der Waals surface area contributed by atoms with Gasteiger partial charge in [0.25, 0.3) is 0 Å². The Hall–Kier alpha value is -3.09. The number of carbonyl (C=O) groups is 1. The first-order chi connectivity index (χ1) is 16.3. The van der Waals surface area contributed by atoms with E-state index < -0.39 is 9.84 Å². The molecule has 0 radical (unpaired) electrons. The number of rotatable bonds is 7. The van der Waals surface area contributed by atoms with Gasteiger partial charge in [0.1, 0.15) is 5.78 Å². The molecule has 7 heteroatoms. The zero-order chi connectivity index (χ0) is 23.9. The molecule has 0 aliphatic heterocycles. The molecule has 2 atom stereocenters. The average Bonchev–Trinajstić information content (AvgIpc) is 3.53. The van der Waals surface area contributed by atoms with Crippen LogP contribution in [0.15, 0.2) is 84.1 Å². The van der Waals surface area contributed by atoms with Crippen molar-refractivity contribution in [2.45, 2.75) is 35.8 Å². The van der Waals surface area contributed by atoms with Gasteiger partial charge >= 0.3 is 0 Å². The molecule has 0 saturated heterocycles. The molecule has 2 heterocycles. The van der Waals surface area contributed by atoms with Crippen LogP contribution in [0.2, 0.25) is 5.02 Å². The van der Waals surface area contributed by atoms with Gasteiger partial charge in [0, 0.05) is 47.1 Å². The van der Waals surface area contributed by atoms with E-state index in [1.165, 1.54) is 0 Å². The number of nitrogens with zero attached hydrogens (tertiary/aromatic N) is 2. The van der Waals surface area contributed by atoms with Crippen LogP contribution in [0.3, 0.4) is 0 Å². The lowest BCUT2D eigenvalue weighted by Gasteiger charge is -2.13. The second-order valence-corrected chi connectivity index (χ2v) is 11.5. The summed E-state index contributed by atoms with van der Waals surface area (Å²) in [6.07, 6.45) is 6.04. The minimum absolute atomic E-state index is 0.0907. The van der Waals surface area contributed by atoms with Crippen molar-refractivity contribution in [3.8, 4) is 0 Å². The van der Waals surface area contributed by atoms with Crippen molar-refractivity contribution in [2.75, 3.05) is 0 Å². The van der Waals surface area contributed by atoms with Crippen molar-refractivity contribution < 1.29 is 13.2 Å². The Balaban J connectivity index is 1.29. The van der Waals surface area contributed by atoms with Crippen LogP contribution < -0.4 is 0 Å². The fourth-order valence-electron chi connectivity index (χ4n) is 4.57. The highest BCUT2D eigenvalue weighted by Crippen LogP contribution is 2.54. The van der Waals surface area contributed by atoms with Gasteiger partial charge in [-0.05, 0) is 47.9 Å². The molecule has 1 saturated carbocycles. The minimum Gasteiger partial charge on any atom is -0.299 e. The molecule has 5 rings (SSSR count). The first-order valence-corrected chi connectivity index (χ1v) is 13.1. The Kier molecular flexibility index (Phi) is 5.74. The molecule has 0 bridgehead atoms. The van der Waals surface area contributed by atoms with E-state index in [-0.39, 0.29) is 27.8 Å². The van der Waals surface area contributed by atoms with Crippen LogP contribution >= 0.6 is 11.6 Å². The summed E-state index contributed by atoms with van der Waals surface area (Å²) in [5, 5.41) is 2.40.